The van der Waals surface area contributed by atoms with E-state index in [1.807, 2.05) is 42.0 Å². The first-order valence-electron chi connectivity index (χ1n) is 4.86. The lowest BCUT2D eigenvalue weighted by Gasteiger charge is -2.07. The van der Waals surface area contributed by atoms with Gasteiger partial charge in [0.2, 0.25) is 0 Å². The summed E-state index contributed by atoms with van der Waals surface area (Å²) in [7, 11) is 1.66. The second kappa shape index (κ2) is 5.93. The van der Waals surface area contributed by atoms with Crippen LogP contribution in [-0.2, 0) is 0 Å². The van der Waals surface area contributed by atoms with Crippen molar-refractivity contribution in [3.05, 3.63) is 30.1 Å². The van der Waals surface area contributed by atoms with Gasteiger partial charge in [-0.15, -0.1) is 22.6 Å². The van der Waals surface area contributed by atoms with Crippen molar-refractivity contribution in [1.82, 2.24) is 14.8 Å². The molecule has 1 aromatic heterocycles. The van der Waals surface area contributed by atoms with Gasteiger partial charge in [-0.25, -0.2) is 0 Å². The Balaban J connectivity index is 0.00000144. The van der Waals surface area contributed by atoms with Gasteiger partial charge >= 0.3 is 0 Å². The van der Waals surface area contributed by atoms with Crippen LogP contribution in [0.1, 0.15) is 5.82 Å². The number of halogens is 1. The predicted octanol–water partition coefficient (Wildman–Crippen LogP) is 2.73. The molecule has 0 amide bonds. The maximum absolute atomic E-state index is 5.13. The van der Waals surface area contributed by atoms with E-state index >= 15 is 0 Å². The molecule has 92 valence electrons. The van der Waals surface area contributed by atoms with E-state index in [1.54, 1.807) is 18.9 Å². The molecule has 0 aliphatic rings. The van der Waals surface area contributed by atoms with Crippen LogP contribution in [-0.4, -0.2) is 28.1 Å². The van der Waals surface area contributed by atoms with Gasteiger partial charge in [0.25, 0.3) is 0 Å². The molecule has 2 aromatic rings. The molecule has 4 nitrogen and oxygen atoms in total. The van der Waals surface area contributed by atoms with Crippen LogP contribution in [0, 0.1) is 6.92 Å². The standard InChI is InChI=1S/C11H13N3OS.ClH/c1-8-12-13-11(16-3)14(8)9-4-6-10(15-2)7-5-9;/h4-7H,1-3H3;1H. The topological polar surface area (TPSA) is 39.9 Å². The molecule has 0 unspecified atom stereocenters. The number of ether oxygens (including phenoxy) is 1. The molecular formula is C11H14ClN3OS. The van der Waals surface area contributed by atoms with E-state index in [2.05, 4.69) is 10.2 Å². The van der Waals surface area contributed by atoms with Gasteiger partial charge in [-0.2, -0.15) is 0 Å². The van der Waals surface area contributed by atoms with Crippen LogP contribution in [0.5, 0.6) is 5.75 Å². The average Bonchev–Trinajstić information content (AvgIpc) is 2.70. The SMILES string of the molecule is COc1ccc(-n2c(C)nnc2SC)cc1.Cl. The van der Waals surface area contributed by atoms with Crippen molar-refractivity contribution in [3.8, 4) is 11.4 Å². The summed E-state index contributed by atoms with van der Waals surface area (Å²) in [6, 6.07) is 7.85. The van der Waals surface area contributed by atoms with Gasteiger partial charge < -0.3 is 4.74 Å². The number of aryl methyl sites for hydroxylation is 1. The third kappa shape index (κ3) is 2.73. The van der Waals surface area contributed by atoms with Crippen molar-refractivity contribution >= 4 is 24.2 Å². The summed E-state index contributed by atoms with van der Waals surface area (Å²) in [4.78, 5) is 0. The van der Waals surface area contributed by atoms with Crippen LogP contribution in [0.15, 0.2) is 29.4 Å². The van der Waals surface area contributed by atoms with E-state index < -0.39 is 0 Å². The summed E-state index contributed by atoms with van der Waals surface area (Å²) in [5.74, 6) is 1.73. The van der Waals surface area contributed by atoms with Crippen LogP contribution in [0.3, 0.4) is 0 Å². The quantitative estimate of drug-likeness (QED) is 0.805. The normalized spacial score (nSPS) is 9.82. The highest BCUT2D eigenvalue weighted by Crippen LogP contribution is 2.21. The molecule has 1 heterocycles. The summed E-state index contributed by atoms with van der Waals surface area (Å²) in [6.07, 6.45) is 1.99. The van der Waals surface area contributed by atoms with Crippen molar-refractivity contribution in [2.45, 2.75) is 12.1 Å². The Labute approximate surface area is 111 Å². The average molecular weight is 272 g/mol. The van der Waals surface area contributed by atoms with Crippen molar-refractivity contribution in [2.75, 3.05) is 13.4 Å². The van der Waals surface area contributed by atoms with Crippen LogP contribution >= 0.6 is 24.2 Å². The summed E-state index contributed by atoms with van der Waals surface area (Å²) in [6.45, 7) is 1.94. The predicted molar refractivity (Wildman–Crippen MR) is 71.7 cm³/mol. The smallest absolute Gasteiger partial charge is 0.195 e. The largest absolute Gasteiger partial charge is 0.497 e. The first kappa shape index (κ1) is 13.9. The number of hydrogen-bond donors (Lipinski definition) is 0. The second-order valence-electron chi connectivity index (χ2n) is 3.27. The van der Waals surface area contributed by atoms with Gasteiger partial charge in [0.05, 0.1) is 7.11 Å². The Bertz CT molecular complexity index is 484. The number of rotatable bonds is 3. The fourth-order valence-electron chi connectivity index (χ4n) is 1.50. The zero-order valence-electron chi connectivity index (χ0n) is 9.88. The molecule has 0 atom stereocenters. The van der Waals surface area contributed by atoms with Gasteiger partial charge in [0, 0.05) is 5.69 Å². The van der Waals surface area contributed by atoms with Crippen molar-refractivity contribution in [1.29, 1.82) is 0 Å². The van der Waals surface area contributed by atoms with Gasteiger partial charge in [-0.3, -0.25) is 4.57 Å². The van der Waals surface area contributed by atoms with Crippen LogP contribution in [0.25, 0.3) is 5.69 Å². The number of methoxy groups -OCH3 is 1. The lowest BCUT2D eigenvalue weighted by atomic mass is 10.3. The fourth-order valence-corrected chi connectivity index (χ4v) is 2.05. The maximum atomic E-state index is 5.13. The molecular weight excluding hydrogens is 258 g/mol. The molecule has 0 saturated carbocycles. The number of nitrogens with zero attached hydrogens (tertiary/aromatic N) is 3. The van der Waals surface area contributed by atoms with E-state index in [1.165, 1.54) is 0 Å². The molecule has 2 rings (SSSR count). The number of benzene rings is 1. The molecule has 0 aliphatic carbocycles. The summed E-state index contributed by atoms with van der Waals surface area (Å²) >= 11 is 1.58. The zero-order valence-corrected chi connectivity index (χ0v) is 11.5. The van der Waals surface area contributed by atoms with Crippen molar-refractivity contribution < 1.29 is 4.74 Å². The first-order chi connectivity index (χ1) is 7.76. The van der Waals surface area contributed by atoms with Crippen LogP contribution in [0.2, 0.25) is 0 Å². The lowest BCUT2D eigenvalue weighted by Crippen LogP contribution is -1.98. The summed E-state index contributed by atoms with van der Waals surface area (Å²) < 4.78 is 7.15. The van der Waals surface area contributed by atoms with E-state index in [9.17, 15) is 0 Å². The van der Waals surface area contributed by atoms with Gasteiger partial charge in [0.1, 0.15) is 11.6 Å². The monoisotopic (exact) mass is 271 g/mol. The van der Waals surface area contributed by atoms with E-state index in [0.29, 0.717) is 0 Å². The molecule has 0 N–H and O–H groups in total. The minimum atomic E-state index is 0. The van der Waals surface area contributed by atoms with Gasteiger partial charge in [-0.1, -0.05) is 11.8 Å². The van der Waals surface area contributed by atoms with E-state index in [0.717, 1.165) is 22.4 Å². The molecule has 0 aliphatic heterocycles. The third-order valence-corrected chi connectivity index (χ3v) is 2.94. The van der Waals surface area contributed by atoms with E-state index in [-0.39, 0.29) is 12.4 Å². The second-order valence-corrected chi connectivity index (χ2v) is 4.04. The Kier molecular flexibility index (Phi) is 4.84. The van der Waals surface area contributed by atoms with Gasteiger partial charge in [-0.05, 0) is 37.4 Å². The maximum Gasteiger partial charge on any atom is 0.195 e. The highest BCUT2D eigenvalue weighted by atomic mass is 35.5. The first-order valence-corrected chi connectivity index (χ1v) is 6.09. The molecule has 0 saturated heterocycles. The molecule has 0 spiro atoms. The molecule has 17 heavy (non-hydrogen) atoms. The third-order valence-electron chi connectivity index (χ3n) is 2.31. The molecule has 0 fully saturated rings. The van der Waals surface area contributed by atoms with Crippen LogP contribution < -0.4 is 4.74 Å². The van der Waals surface area contributed by atoms with E-state index in [4.69, 9.17) is 4.74 Å². The highest BCUT2D eigenvalue weighted by Gasteiger charge is 2.09. The molecule has 0 bridgehead atoms. The molecule has 1 aromatic carbocycles. The summed E-state index contributed by atoms with van der Waals surface area (Å²) in [5.41, 5.74) is 1.05. The summed E-state index contributed by atoms with van der Waals surface area (Å²) in [5, 5.41) is 9.06. The molecule has 0 radical (unpaired) electrons. The Hall–Kier alpha value is -1.20. The van der Waals surface area contributed by atoms with Crippen molar-refractivity contribution in [2.24, 2.45) is 0 Å². The zero-order chi connectivity index (χ0) is 11.5. The Morgan fingerprint density at radius 1 is 1.18 bits per heavy atom. The number of hydrogen-bond acceptors (Lipinski definition) is 4. The van der Waals surface area contributed by atoms with Crippen LogP contribution in [0.4, 0.5) is 0 Å². The molecule has 6 heteroatoms. The minimum Gasteiger partial charge on any atom is -0.497 e. The Morgan fingerprint density at radius 3 is 2.35 bits per heavy atom. The highest BCUT2D eigenvalue weighted by molar-refractivity contribution is 7.98. The van der Waals surface area contributed by atoms with Crippen molar-refractivity contribution in [3.63, 3.8) is 0 Å². The number of aromatic nitrogens is 3. The van der Waals surface area contributed by atoms with Gasteiger partial charge in [0.15, 0.2) is 5.16 Å². The Morgan fingerprint density at radius 2 is 1.82 bits per heavy atom. The minimum absolute atomic E-state index is 0. The lowest BCUT2D eigenvalue weighted by molar-refractivity contribution is 0.414. The fraction of sp³-hybridized carbons (Fsp3) is 0.273. The number of thioether (sulfide) groups is 1.